The second-order valence-corrected chi connectivity index (χ2v) is 8.19. The Hall–Kier alpha value is -3.29. The maximum Gasteiger partial charge on any atom is 0.198 e. The maximum absolute atomic E-state index is 15.3. The van der Waals surface area contributed by atoms with Crippen molar-refractivity contribution in [3.05, 3.63) is 80.1 Å². The predicted molar refractivity (Wildman–Crippen MR) is 104 cm³/mol. The number of rotatable bonds is 0. The summed E-state index contributed by atoms with van der Waals surface area (Å²) in [6, 6.07) is 0. The van der Waals surface area contributed by atoms with Gasteiger partial charge >= 0.3 is 0 Å². The lowest BCUT2D eigenvalue weighted by Gasteiger charge is -2.16. The van der Waals surface area contributed by atoms with Gasteiger partial charge in [-0.1, -0.05) is 0 Å². The molecule has 5 aromatic carbocycles. The Kier molecular flexibility index (Phi) is 5.16. The Bertz CT molecular complexity index is 1610. The molecular weight excluding hydrogens is 591 g/mol. The molecule has 186 valence electrons. The Morgan fingerprint density at radius 1 is 0.222 bits per heavy atom. The molecule has 0 bridgehead atoms. The summed E-state index contributed by atoms with van der Waals surface area (Å²) in [7, 11) is 0. The van der Waals surface area contributed by atoms with Crippen LogP contribution in [0.5, 0.6) is 0 Å². The smallest absolute Gasteiger partial charge is 0.198 e. The van der Waals surface area contributed by atoms with Crippen molar-refractivity contribution >= 4 is 59.0 Å². The predicted octanol–water partition coefficient (Wildman–Crippen LogP) is 8.87. The Morgan fingerprint density at radius 3 is 0.694 bits per heavy atom. The minimum atomic E-state index is -2.67. The molecule has 0 saturated heterocycles. The molecular formula is C22BrF13. The van der Waals surface area contributed by atoms with Crippen molar-refractivity contribution in [2.45, 2.75) is 0 Å². The summed E-state index contributed by atoms with van der Waals surface area (Å²) in [6.45, 7) is 0. The van der Waals surface area contributed by atoms with E-state index in [-0.39, 0.29) is 0 Å². The van der Waals surface area contributed by atoms with E-state index in [9.17, 15) is 30.7 Å². The molecule has 5 aromatic rings. The number of halogens is 14. The number of benzene rings is 5. The summed E-state index contributed by atoms with van der Waals surface area (Å²) in [5, 5.41) is -15.8. The highest BCUT2D eigenvalue weighted by atomic mass is 79.9. The second-order valence-electron chi connectivity index (χ2n) is 7.40. The van der Waals surface area contributed by atoms with Gasteiger partial charge in [-0.25, -0.2) is 57.1 Å². The van der Waals surface area contributed by atoms with E-state index >= 15 is 26.3 Å². The van der Waals surface area contributed by atoms with Crippen molar-refractivity contribution in [2.24, 2.45) is 0 Å². The highest BCUT2D eigenvalue weighted by Gasteiger charge is 2.35. The third-order valence-corrected chi connectivity index (χ3v) is 6.36. The summed E-state index contributed by atoms with van der Waals surface area (Å²) >= 11 is 2.22. The van der Waals surface area contributed by atoms with Crippen LogP contribution in [-0.4, -0.2) is 0 Å². The quantitative estimate of drug-likeness (QED) is 0.0731. The molecule has 0 heterocycles. The highest BCUT2D eigenvalue weighted by Crippen LogP contribution is 2.45. The van der Waals surface area contributed by atoms with Crippen LogP contribution in [0.4, 0.5) is 57.1 Å². The molecule has 0 spiro atoms. The zero-order valence-electron chi connectivity index (χ0n) is 16.3. The summed E-state index contributed by atoms with van der Waals surface area (Å²) < 4.78 is 188. The van der Waals surface area contributed by atoms with Gasteiger partial charge in [-0.05, 0) is 15.9 Å². The van der Waals surface area contributed by atoms with E-state index in [4.69, 9.17) is 0 Å². The molecule has 0 aliphatic carbocycles. The molecule has 5 rings (SSSR count). The Labute approximate surface area is 196 Å². The molecule has 0 radical (unpaired) electrons. The molecule has 14 heteroatoms. The normalized spacial score (nSPS) is 12.2. The third kappa shape index (κ3) is 2.67. The fourth-order valence-corrected chi connectivity index (χ4v) is 4.47. The van der Waals surface area contributed by atoms with Crippen LogP contribution in [0.3, 0.4) is 0 Å². The van der Waals surface area contributed by atoms with Crippen molar-refractivity contribution in [3.63, 3.8) is 0 Å². The molecule has 0 amide bonds. The van der Waals surface area contributed by atoms with Gasteiger partial charge in [0.15, 0.2) is 40.7 Å². The Morgan fingerprint density at radius 2 is 0.417 bits per heavy atom. The zero-order valence-corrected chi connectivity index (χ0v) is 17.9. The first kappa shape index (κ1) is 24.4. The minimum Gasteiger partial charge on any atom is -0.205 e. The highest BCUT2D eigenvalue weighted by molar-refractivity contribution is 9.10. The van der Waals surface area contributed by atoms with Gasteiger partial charge in [0.25, 0.3) is 0 Å². The molecule has 0 unspecified atom stereocenters. The average Bonchev–Trinajstić information content (AvgIpc) is 2.83. The van der Waals surface area contributed by atoms with Crippen LogP contribution < -0.4 is 0 Å². The molecule has 0 atom stereocenters. The molecule has 0 fully saturated rings. The van der Waals surface area contributed by atoms with Crippen LogP contribution in [0, 0.1) is 75.6 Å². The Balaban J connectivity index is 2.22. The second kappa shape index (κ2) is 7.60. The first-order valence-corrected chi connectivity index (χ1v) is 9.94. The van der Waals surface area contributed by atoms with Crippen LogP contribution in [-0.2, 0) is 0 Å². The van der Waals surface area contributed by atoms with Crippen molar-refractivity contribution in [1.82, 2.24) is 0 Å². The van der Waals surface area contributed by atoms with E-state index in [2.05, 4.69) is 15.9 Å². The summed E-state index contributed by atoms with van der Waals surface area (Å²) in [5.41, 5.74) is 0. The molecule has 0 aromatic heterocycles. The largest absolute Gasteiger partial charge is 0.205 e. The number of hydrogen-bond donors (Lipinski definition) is 0. The summed E-state index contributed by atoms with van der Waals surface area (Å²) in [6.07, 6.45) is 0. The molecule has 36 heavy (non-hydrogen) atoms. The SMILES string of the molecule is Fc1c(F)c(F)c2c(F)c3c(F)c4c(F)c5c(F)c(Br)c(F)c(F)c5c(F)c4c(F)c3c(F)c2c1F. The van der Waals surface area contributed by atoms with Crippen molar-refractivity contribution < 1.29 is 57.1 Å². The van der Waals surface area contributed by atoms with Gasteiger partial charge in [-0.2, -0.15) is 0 Å². The minimum absolute atomic E-state index is 1.38. The van der Waals surface area contributed by atoms with E-state index in [1.165, 1.54) is 0 Å². The van der Waals surface area contributed by atoms with Gasteiger partial charge < -0.3 is 0 Å². The summed E-state index contributed by atoms with van der Waals surface area (Å²) in [4.78, 5) is 0. The number of hydrogen-bond acceptors (Lipinski definition) is 0. The van der Waals surface area contributed by atoms with Gasteiger partial charge in [0.1, 0.15) is 34.9 Å². The topological polar surface area (TPSA) is 0 Å². The standard InChI is InChI=1S/C22BrF13/c23-9-16(30)5-6(17(31)20(9)34)13(27)2-1(12(5)26)10(24)3-4(11(2)25)15(29)8-7(14(3)28)18(32)21(35)22(36)19(8)33. The molecule has 0 aliphatic rings. The van der Waals surface area contributed by atoms with E-state index in [0.29, 0.717) is 0 Å². The van der Waals surface area contributed by atoms with Crippen molar-refractivity contribution in [2.75, 3.05) is 0 Å². The van der Waals surface area contributed by atoms with Gasteiger partial charge in [0.05, 0.1) is 47.6 Å². The van der Waals surface area contributed by atoms with E-state index in [1.807, 2.05) is 0 Å². The van der Waals surface area contributed by atoms with E-state index < -0.39 is 123 Å². The van der Waals surface area contributed by atoms with Gasteiger partial charge in [-0.15, -0.1) is 0 Å². The lowest BCUT2D eigenvalue weighted by Crippen LogP contribution is -2.07. The monoisotopic (exact) mass is 590 g/mol. The van der Waals surface area contributed by atoms with Gasteiger partial charge in [0, 0.05) is 0 Å². The van der Waals surface area contributed by atoms with Crippen LogP contribution >= 0.6 is 15.9 Å². The first-order chi connectivity index (χ1) is 16.7. The van der Waals surface area contributed by atoms with Crippen LogP contribution in [0.2, 0.25) is 0 Å². The van der Waals surface area contributed by atoms with E-state index in [1.54, 1.807) is 0 Å². The number of fused-ring (bicyclic) bond motifs is 4. The van der Waals surface area contributed by atoms with Crippen LogP contribution in [0.25, 0.3) is 43.1 Å². The molecule has 0 nitrogen and oxygen atoms in total. The lowest BCUT2D eigenvalue weighted by atomic mass is 9.93. The van der Waals surface area contributed by atoms with Crippen molar-refractivity contribution in [3.8, 4) is 0 Å². The molecule has 0 aliphatic heterocycles. The average molecular weight is 591 g/mol. The fourth-order valence-electron chi connectivity index (χ4n) is 4.10. The first-order valence-electron chi connectivity index (χ1n) is 9.15. The van der Waals surface area contributed by atoms with Crippen LogP contribution in [0.1, 0.15) is 0 Å². The van der Waals surface area contributed by atoms with Gasteiger partial charge in [-0.3, -0.25) is 0 Å². The molecule has 0 N–H and O–H groups in total. The lowest BCUT2D eigenvalue weighted by molar-refractivity contribution is 0.415. The molecule has 0 saturated carbocycles. The zero-order chi connectivity index (χ0) is 26.7. The van der Waals surface area contributed by atoms with Crippen molar-refractivity contribution in [1.29, 1.82) is 0 Å². The fraction of sp³-hybridized carbons (Fsp3) is 0. The summed E-state index contributed by atoms with van der Waals surface area (Å²) in [5.74, 6) is -31.4. The third-order valence-electron chi connectivity index (χ3n) is 5.67. The maximum atomic E-state index is 15.3. The van der Waals surface area contributed by atoms with Gasteiger partial charge in [0.2, 0.25) is 0 Å². The van der Waals surface area contributed by atoms with Crippen LogP contribution in [0.15, 0.2) is 4.47 Å². The van der Waals surface area contributed by atoms with E-state index in [0.717, 1.165) is 0 Å².